The second-order valence-corrected chi connectivity index (χ2v) is 5.81. The van der Waals surface area contributed by atoms with Crippen LogP contribution < -0.4 is 5.32 Å². The van der Waals surface area contributed by atoms with E-state index in [0.717, 1.165) is 9.86 Å². The molecule has 1 N–H and O–H groups in total. The number of nitrogens with one attached hydrogen (secondary N) is 1. The van der Waals surface area contributed by atoms with Crippen LogP contribution in [-0.2, 0) is 6.18 Å². The van der Waals surface area contributed by atoms with E-state index >= 15 is 0 Å². The number of halogens is 5. The van der Waals surface area contributed by atoms with Crippen LogP contribution >= 0.6 is 27.5 Å². The summed E-state index contributed by atoms with van der Waals surface area (Å²) >= 11 is 8.93. The molecule has 3 aromatic rings. The molecule has 0 saturated heterocycles. The molecule has 0 fully saturated rings. The molecule has 2 aromatic heterocycles. The molecule has 0 bridgehead atoms. The Morgan fingerprint density at radius 3 is 2.61 bits per heavy atom. The summed E-state index contributed by atoms with van der Waals surface area (Å²) in [5.74, 6) is -0.221. The van der Waals surface area contributed by atoms with Crippen molar-refractivity contribution in [1.82, 2.24) is 15.0 Å². The monoisotopic (exact) mass is 402 g/mol. The van der Waals surface area contributed by atoms with E-state index in [0.29, 0.717) is 11.7 Å². The predicted molar refractivity (Wildman–Crippen MR) is 84.8 cm³/mol. The van der Waals surface area contributed by atoms with Gasteiger partial charge in [0.1, 0.15) is 17.2 Å². The first-order valence-electron chi connectivity index (χ1n) is 6.26. The Bertz CT molecular complexity index is 886. The summed E-state index contributed by atoms with van der Waals surface area (Å²) in [6.45, 7) is 0. The molecule has 4 nitrogen and oxygen atoms in total. The molecule has 0 spiro atoms. The van der Waals surface area contributed by atoms with Crippen molar-refractivity contribution in [2.45, 2.75) is 6.18 Å². The topological polar surface area (TPSA) is 50.7 Å². The van der Waals surface area contributed by atoms with Crippen LogP contribution in [0.4, 0.5) is 24.8 Å². The van der Waals surface area contributed by atoms with Gasteiger partial charge < -0.3 is 5.32 Å². The van der Waals surface area contributed by atoms with Gasteiger partial charge in [0.2, 0.25) is 5.28 Å². The quantitative estimate of drug-likeness (QED) is 0.597. The first-order chi connectivity index (χ1) is 10.8. The second kappa shape index (κ2) is 5.93. The number of nitrogens with zero attached hydrogens (tertiary/aromatic N) is 3. The number of alkyl halides is 3. The van der Waals surface area contributed by atoms with E-state index in [-0.39, 0.29) is 11.1 Å². The van der Waals surface area contributed by atoms with Gasteiger partial charge in [-0.15, -0.1) is 0 Å². The SMILES string of the molecule is FC(F)(F)c1cnc(Cl)nc1Nc1ccc2cc(Br)ccc2n1. The molecule has 0 aliphatic rings. The molecule has 3 rings (SSSR count). The Hall–Kier alpha value is -1.93. The van der Waals surface area contributed by atoms with Gasteiger partial charge in [-0.25, -0.2) is 9.97 Å². The van der Waals surface area contributed by atoms with Crippen LogP contribution in [0, 0.1) is 0 Å². The van der Waals surface area contributed by atoms with Crippen LogP contribution in [0.5, 0.6) is 0 Å². The third-order valence-electron chi connectivity index (χ3n) is 2.96. The van der Waals surface area contributed by atoms with Gasteiger partial charge in [-0.2, -0.15) is 18.2 Å². The number of benzene rings is 1. The molecule has 118 valence electrons. The van der Waals surface area contributed by atoms with Crippen LogP contribution in [0.1, 0.15) is 5.56 Å². The number of aromatic nitrogens is 3. The van der Waals surface area contributed by atoms with E-state index < -0.39 is 17.6 Å². The van der Waals surface area contributed by atoms with Crippen molar-refractivity contribution in [3.05, 3.63) is 51.8 Å². The van der Waals surface area contributed by atoms with Gasteiger partial charge in [-0.1, -0.05) is 15.9 Å². The fourth-order valence-electron chi connectivity index (χ4n) is 1.95. The van der Waals surface area contributed by atoms with Gasteiger partial charge in [0.15, 0.2) is 0 Å². The highest BCUT2D eigenvalue weighted by molar-refractivity contribution is 9.10. The lowest BCUT2D eigenvalue weighted by Gasteiger charge is -2.13. The zero-order valence-corrected chi connectivity index (χ0v) is 13.5. The molecule has 1 aromatic carbocycles. The number of pyridine rings is 1. The predicted octanol–water partition coefficient (Wildman–Crippen LogP) is 5.20. The number of rotatable bonds is 2. The largest absolute Gasteiger partial charge is 0.421 e. The van der Waals surface area contributed by atoms with Crippen LogP contribution in [0.3, 0.4) is 0 Å². The Labute approximate surface area is 141 Å². The van der Waals surface area contributed by atoms with Crippen molar-refractivity contribution in [3.63, 3.8) is 0 Å². The molecule has 9 heteroatoms. The van der Waals surface area contributed by atoms with Crippen molar-refractivity contribution in [2.24, 2.45) is 0 Å². The fourth-order valence-corrected chi connectivity index (χ4v) is 2.46. The van der Waals surface area contributed by atoms with Gasteiger partial charge in [0, 0.05) is 16.1 Å². The minimum absolute atomic E-state index is 0.222. The highest BCUT2D eigenvalue weighted by Gasteiger charge is 2.35. The maximum Gasteiger partial charge on any atom is 0.421 e. The second-order valence-electron chi connectivity index (χ2n) is 4.56. The lowest BCUT2D eigenvalue weighted by molar-refractivity contribution is -0.137. The molecular weight excluding hydrogens is 397 g/mol. The van der Waals surface area contributed by atoms with Gasteiger partial charge in [-0.05, 0) is 41.9 Å². The number of anilines is 2. The lowest BCUT2D eigenvalue weighted by atomic mass is 10.2. The molecule has 23 heavy (non-hydrogen) atoms. The summed E-state index contributed by atoms with van der Waals surface area (Å²) in [5, 5.41) is 3.11. The third kappa shape index (κ3) is 3.53. The van der Waals surface area contributed by atoms with Crippen molar-refractivity contribution < 1.29 is 13.2 Å². The number of hydrogen-bond donors (Lipinski definition) is 1. The average molecular weight is 404 g/mol. The van der Waals surface area contributed by atoms with Crippen molar-refractivity contribution in [3.8, 4) is 0 Å². The Morgan fingerprint density at radius 2 is 1.87 bits per heavy atom. The van der Waals surface area contributed by atoms with Crippen LogP contribution in [0.15, 0.2) is 41.0 Å². The number of hydrogen-bond acceptors (Lipinski definition) is 4. The molecule has 0 atom stereocenters. The van der Waals surface area contributed by atoms with Gasteiger partial charge >= 0.3 is 6.18 Å². The zero-order chi connectivity index (χ0) is 16.6. The van der Waals surface area contributed by atoms with E-state index in [2.05, 4.69) is 36.2 Å². The third-order valence-corrected chi connectivity index (χ3v) is 3.64. The highest BCUT2D eigenvalue weighted by atomic mass is 79.9. The van der Waals surface area contributed by atoms with Gasteiger partial charge in [0.05, 0.1) is 5.52 Å². The van der Waals surface area contributed by atoms with E-state index in [1.54, 1.807) is 24.3 Å². The summed E-state index contributed by atoms with van der Waals surface area (Å²) in [6, 6.07) is 8.70. The minimum Gasteiger partial charge on any atom is -0.324 e. The van der Waals surface area contributed by atoms with Gasteiger partial charge in [0.25, 0.3) is 0 Å². The van der Waals surface area contributed by atoms with Crippen molar-refractivity contribution in [2.75, 3.05) is 5.32 Å². The molecule has 0 radical (unpaired) electrons. The normalized spacial score (nSPS) is 11.7. The van der Waals surface area contributed by atoms with Gasteiger partial charge in [-0.3, -0.25) is 0 Å². The van der Waals surface area contributed by atoms with Crippen LogP contribution in [0.25, 0.3) is 10.9 Å². The van der Waals surface area contributed by atoms with Crippen LogP contribution in [-0.4, -0.2) is 15.0 Å². The molecule has 2 heterocycles. The van der Waals surface area contributed by atoms with E-state index in [1.165, 1.54) is 0 Å². The summed E-state index contributed by atoms with van der Waals surface area (Å²) in [5.41, 5.74) is -0.383. The molecule has 0 unspecified atom stereocenters. The Kier molecular flexibility index (Phi) is 4.11. The highest BCUT2D eigenvalue weighted by Crippen LogP contribution is 2.35. The maximum absolute atomic E-state index is 13.0. The average Bonchev–Trinajstić information content (AvgIpc) is 2.46. The summed E-state index contributed by atoms with van der Waals surface area (Å²) in [4.78, 5) is 11.2. The molecule has 0 aliphatic heterocycles. The maximum atomic E-state index is 13.0. The van der Waals surface area contributed by atoms with Crippen LogP contribution in [0.2, 0.25) is 5.28 Å². The molecule has 0 amide bonds. The summed E-state index contributed by atoms with van der Waals surface area (Å²) in [7, 11) is 0. The van der Waals surface area contributed by atoms with Crippen molar-refractivity contribution in [1.29, 1.82) is 0 Å². The van der Waals surface area contributed by atoms with E-state index in [4.69, 9.17) is 11.6 Å². The molecule has 0 aliphatic carbocycles. The first-order valence-corrected chi connectivity index (χ1v) is 7.43. The smallest absolute Gasteiger partial charge is 0.324 e. The zero-order valence-electron chi connectivity index (χ0n) is 11.2. The van der Waals surface area contributed by atoms with E-state index in [9.17, 15) is 13.2 Å². The number of fused-ring (bicyclic) bond motifs is 1. The van der Waals surface area contributed by atoms with Crippen molar-refractivity contribution >= 4 is 50.1 Å². The summed E-state index contributed by atoms with van der Waals surface area (Å²) in [6.07, 6.45) is -3.97. The standard InChI is InChI=1S/C14H7BrClF3N4/c15-8-2-3-10-7(5-8)1-4-11(21-10)22-12-9(14(17,18)19)6-20-13(16)23-12/h1-6H,(H,20,21,22,23). The van der Waals surface area contributed by atoms with E-state index in [1.807, 2.05) is 6.07 Å². The molecule has 0 saturated carbocycles. The Balaban J connectivity index is 2.02. The Morgan fingerprint density at radius 1 is 1.09 bits per heavy atom. The fraction of sp³-hybridized carbons (Fsp3) is 0.0714. The summed E-state index contributed by atoms with van der Waals surface area (Å²) < 4.78 is 39.9. The molecular formula is C14H7BrClF3N4. The lowest BCUT2D eigenvalue weighted by Crippen LogP contribution is -2.11. The first kappa shape index (κ1) is 15.9. The minimum atomic E-state index is -4.60.